The first-order valence-electron chi connectivity index (χ1n) is 11.8. The number of likely N-dealkylation sites (N-methyl/N-ethyl adjacent to an activating group) is 1. The zero-order valence-corrected chi connectivity index (χ0v) is 24.2. The molecule has 11 heteroatoms. The summed E-state index contributed by atoms with van der Waals surface area (Å²) in [5, 5.41) is 3.54. The molecule has 3 aromatic carbocycles. The minimum atomic E-state index is -4.17. The van der Waals surface area contributed by atoms with E-state index in [2.05, 4.69) is 5.32 Å². The third-order valence-electron chi connectivity index (χ3n) is 5.95. The molecule has 0 bridgehead atoms. The van der Waals surface area contributed by atoms with Crippen LogP contribution in [0.4, 0.5) is 5.69 Å². The summed E-state index contributed by atoms with van der Waals surface area (Å²) >= 11 is 18.4. The summed E-state index contributed by atoms with van der Waals surface area (Å²) in [6.07, 6.45) is 0.300. The molecule has 3 rings (SSSR count). The van der Waals surface area contributed by atoms with Crippen molar-refractivity contribution < 1.29 is 18.0 Å². The smallest absolute Gasteiger partial charge is 0.264 e. The number of carbonyl (C=O) groups excluding carboxylic acids is 2. The Bertz CT molecular complexity index is 1420. The summed E-state index contributed by atoms with van der Waals surface area (Å²) in [5.74, 6) is -0.959. The van der Waals surface area contributed by atoms with Crippen molar-refractivity contribution in [1.82, 2.24) is 10.2 Å². The van der Waals surface area contributed by atoms with Gasteiger partial charge < -0.3 is 10.2 Å². The Morgan fingerprint density at radius 3 is 2.21 bits per heavy atom. The van der Waals surface area contributed by atoms with Crippen LogP contribution >= 0.6 is 34.8 Å². The molecule has 0 saturated heterocycles. The Morgan fingerprint density at radius 1 is 0.947 bits per heavy atom. The van der Waals surface area contributed by atoms with Crippen LogP contribution in [-0.4, -0.2) is 44.8 Å². The second-order valence-electron chi connectivity index (χ2n) is 8.61. The van der Waals surface area contributed by atoms with Gasteiger partial charge in [-0.25, -0.2) is 8.42 Å². The van der Waals surface area contributed by atoms with Crippen molar-refractivity contribution in [2.45, 2.75) is 37.8 Å². The first-order chi connectivity index (χ1) is 18.0. The van der Waals surface area contributed by atoms with E-state index >= 15 is 0 Å². The van der Waals surface area contributed by atoms with E-state index in [0.29, 0.717) is 27.1 Å². The average molecular weight is 597 g/mol. The fourth-order valence-corrected chi connectivity index (χ4v) is 5.83. The molecule has 202 valence electrons. The Balaban J connectivity index is 2.07. The predicted molar refractivity (Wildman–Crippen MR) is 152 cm³/mol. The number of nitrogens with one attached hydrogen (secondary N) is 1. The molecule has 0 aliphatic heterocycles. The lowest BCUT2D eigenvalue weighted by molar-refractivity contribution is -0.140. The van der Waals surface area contributed by atoms with Crippen LogP contribution in [-0.2, 0) is 26.2 Å². The number of sulfonamides is 1. The molecule has 0 heterocycles. The summed E-state index contributed by atoms with van der Waals surface area (Å²) in [4.78, 5) is 28.0. The first kappa shape index (κ1) is 29.8. The van der Waals surface area contributed by atoms with Gasteiger partial charge in [0.2, 0.25) is 11.8 Å². The molecule has 7 nitrogen and oxygen atoms in total. The number of benzene rings is 3. The number of aryl methyl sites for hydroxylation is 1. The number of nitrogens with zero attached hydrogens (tertiary/aromatic N) is 2. The molecule has 0 saturated carbocycles. The normalized spacial score (nSPS) is 12.1. The van der Waals surface area contributed by atoms with Crippen LogP contribution in [0.5, 0.6) is 0 Å². The van der Waals surface area contributed by atoms with Crippen molar-refractivity contribution in [3.05, 3.63) is 92.9 Å². The molecule has 3 aromatic rings. The lowest BCUT2D eigenvalue weighted by Gasteiger charge is -2.33. The monoisotopic (exact) mass is 595 g/mol. The van der Waals surface area contributed by atoms with Gasteiger partial charge in [0.25, 0.3) is 10.0 Å². The zero-order chi connectivity index (χ0) is 28.0. The maximum atomic E-state index is 13.9. The molecule has 0 aromatic heterocycles. The van der Waals surface area contributed by atoms with Crippen molar-refractivity contribution in [2.75, 3.05) is 17.9 Å². The standard InChI is InChI=1S/C27H28Cl3N3O4S/c1-4-25(27(35)31-3)32(16-19-10-13-23(29)24(30)14-19)26(34)17-33(21-7-5-6-20(28)15-21)38(36,37)22-11-8-18(2)9-12-22/h5-15,25H,4,16-17H2,1-3H3,(H,31,35)/t25-/m0/s1. The van der Waals surface area contributed by atoms with Gasteiger partial charge in [0.1, 0.15) is 12.6 Å². The quantitative estimate of drug-likeness (QED) is 0.325. The summed E-state index contributed by atoms with van der Waals surface area (Å²) in [6, 6.07) is 16.6. The van der Waals surface area contributed by atoms with Crippen LogP contribution in [0, 0.1) is 6.92 Å². The molecule has 1 atom stereocenters. The van der Waals surface area contributed by atoms with Gasteiger partial charge in [-0.3, -0.25) is 13.9 Å². The topological polar surface area (TPSA) is 86.8 Å². The molecular weight excluding hydrogens is 569 g/mol. The van der Waals surface area contributed by atoms with E-state index < -0.39 is 28.5 Å². The summed E-state index contributed by atoms with van der Waals surface area (Å²) in [7, 11) is -2.69. The highest BCUT2D eigenvalue weighted by atomic mass is 35.5. The van der Waals surface area contributed by atoms with Crippen LogP contribution in [0.25, 0.3) is 0 Å². The Labute approximate surface area is 238 Å². The van der Waals surface area contributed by atoms with E-state index in [1.165, 1.54) is 30.1 Å². The van der Waals surface area contributed by atoms with Crippen LogP contribution in [0.2, 0.25) is 15.1 Å². The highest BCUT2D eigenvalue weighted by molar-refractivity contribution is 7.92. The van der Waals surface area contributed by atoms with Crippen molar-refractivity contribution >= 4 is 62.3 Å². The van der Waals surface area contributed by atoms with Crippen LogP contribution < -0.4 is 9.62 Å². The Morgan fingerprint density at radius 2 is 1.63 bits per heavy atom. The van der Waals surface area contributed by atoms with E-state index in [0.717, 1.165) is 9.87 Å². The van der Waals surface area contributed by atoms with Gasteiger partial charge in [0, 0.05) is 18.6 Å². The molecule has 1 N–H and O–H groups in total. The van der Waals surface area contributed by atoms with Crippen molar-refractivity contribution in [2.24, 2.45) is 0 Å². The second kappa shape index (κ2) is 12.8. The highest BCUT2D eigenvalue weighted by Crippen LogP contribution is 2.28. The number of rotatable bonds is 10. The molecule has 0 radical (unpaired) electrons. The van der Waals surface area contributed by atoms with E-state index in [4.69, 9.17) is 34.8 Å². The minimum absolute atomic E-state index is 0.00954. The van der Waals surface area contributed by atoms with Crippen LogP contribution in [0.1, 0.15) is 24.5 Å². The van der Waals surface area contributed by atoms with Crippen molar-refractivity contribution in [1.29, 1.82) is 0 Å². The molecule has 0 aliphatic rings. The SMILES string of the molecule is CC[C@@H](C(=O)NC)N(Cc1ccc(Cl)c(Cl)c1)C(=O)CN(c1cccc(Cl)c1)S(=O)(=O)c1ccc(C)cc1. The van der Waals surface area contributed by atoms with Crippen LogP contribution in [0.15, 0.2) is 71.6 Å². The molecule has 0 fully saturated rings. The summed E-state index contributed by atoms with van der Waals surface area (Å²) in [6.45, 7) is 3.06. The molecule has 38 heavy (non-hydrogen) atoms. The van der Waals surface area contributed by atoms with Gasteiger partial charge in [-0.05, 0) is 61.4 Å². The van der Waals surface area contributed by atoms with Gasteiger partial charge in [0.05, 0.1) is 20.6 Å². The number of amides is 2. The predicted octanol–water partition coefficient (Wildman–Crippen LogP) is 5.70. The number of halogens is 3. The maximum absolute atomic E-state index is 13.9. The molecule has 0 aliphatic carbocycles. The first-order valence-corrected chi connectivity index (χ1v) is 14.3. The van der Waals surface area contributed by atoms with E-state index in [9.17, 15) is 18.0 Å². The number of hydrogen-bond donors (Lipinski definition) is 1. The lowest BCUT2D eigenvalue weighted by atomic mass is 10.1. The Hall–Kier alpha value is -2.78. The third-order valence-corrected chi connectivity index (χ3v) is 8.72. The Kier molecular flexibility index (Phi) is 10.1. The summed E-state index contributed by atoms with van der Waals surface area (Å²) < 4.78 is 28.6. The fraction of sp³-hybridized carbons (Fsp3) is 0.259. The van der Waals surface area contributed by atoms with Gasteiger partial charge >= 0.3 is 0 Å². The molecule has 0 spiro atoms. The average Bonchev–Trinajstić information content (AvgIpc) is 2.89. The van der Waals surface area contributed by atoms with Crippen LogP contribution in [0.3, 0.4) is 0 Å². The molecule has 2 amide bonds. The number of anilines is 1. The maximum Gasteiger partial charge on any atom is 0.264 e. The lowest BCUT2D eigenvalue weighted by Crippen LogP contribution is -2.51. The van der Waals surface area contributed by atoms with Gasteiger partial charge in [-0.1, -0.05) is 71.6 Å². The number of hydrogen-bond acceptors (Lipinski definition) is 4. The highest BCUT2D eigenvalue weighted by Gasteiger charge is 2.33. The zero-order valence-electron chi connectivity index (χ0n) is 21.1. The van der Waals surface area contributed by atoms with Gasteiger partial charge in [-0.2, -0.15) is 0 Å². The molecule has 0 unspecified atom stereocenters. The van der Waals surface area contributed by atoms with Crippen molar-refractivity contribution in [3.8, 4) is 0 Å². The minimum Gasteiger partial charge on any atom is -0.357 e. The van der Waals surface area contributed by atoms with Crippen molar-refractivity contribution in [3.63, 3.8) is 0 Å². The number of carbonyl (C=O) groups is 2. The van der Waals surface area contributed by atoms with Gasteiger partial charge in [0.15, 0.2) is 0 Å². The van der Waals surface area contributed by atoms with Gasteiger partial charge in [-0.15, -0.1) is 0 Å². The second-order valence-corrected chi connectivity index (χ2v) is 11.7. The third kappa shape index (κ3) is 6.99. The summed E-state index contributed by atoms with van der Waals surface area (Å²) in [5.41, 5.74) is 1.73. The largest absolute Gasteiger partial charge is 0.357 e. The van der Waals surface area contributed by atoms with E-state index in [1.807, 2.05) is 6.92 Å². The van der Waals surface area contributed by atoms with E-state index in [-0.39, 0.29) is 23.0 Å². The molecular formula is C27H28Cl3N3O4S. The fourth-order valence-electron chi connectivity index (χ4n) is 3.92. The van der Waals surface area contributed by atoms with E-state index in [1.54, 1.807) is 55.5 Å².